The van der Waals surface area contributed by atoms with Crippen LogP contribution >= 0.6 is 11.6 Å². The Morgan fingerprint density at radius 3 is 2.64 bits per heavy atom. The highest BCUT2D eigenvalue weighted by molar-refractivity contribution is 6.30. The molecule has 0 amide bonds. The van der Waals surface area contributed by atoms with Crippen molar-refractivity contribution in [3.05, 3.63) is 71.1 Å². The first kappa shape index (κ1) is 14.3. The number of anilines is 1. The summed E-state index contributed by atoms with van der Waals surface area (Å²) in [6.45, 7) is 2.05. The van der Waals surface area contributed by atoms with Crippen molar-refractivity contribution >= 4 is 23.4 Å². The number of nitrogens with one attached hydrogen (secondary N) is 1. The van der Waals surface area contributed by atoms with E-state index >= 15 is 0 Å². The molecule has 0 radical (unpaired) electrons. The van der Waals surface area contributed by atoms with Gasteiger partial charge in [-0.1, -0.05) is 29.8 Å². The SMILES string of the molecule is Cc1ccccc1N/C=C\c1nnnn1-c1ccc(Cl)cc1. The summed E-state index contributed by atoms with van der Waals surface area (Å²) < 4.78 is 1.65. The fourth-order valence-electron chi connectivity index (χ4n) is 2.00. The van der Waals surface area contributed by atoms with Gasteiger partial charge >= 0.3 is 0 Å². The molecule has 0 unspecified atom stereocenters. The molecule has 0 aliphatic carbocycles. The maximum Gasteiger partial charge on any atom is 0.181 e. The third-order valence-corrected chi connectivity index (χ3v) is 3.43. The summed E-state index contributed by atoms with van der Waals surface area (Å²) in [5.74, 6) is 0.628. The Hall–Kier alpha value is -2.66. The summed E-state index contributed by atoms with van der Waals surface area (Å²) in [6, 6.07) is 15.4. The molecule has 3 rings (SSSR count). The molecular formula is C16H14ClN5. The van der Waals surface area contributed by atoms with Gasteiger partial charge in [0.2, 0.25) is 0 Å². The Labute approximate surface area is 133 Å². The number of halogens is 1. The van der Waals surface area contributed by atoms with Crippen LogP contribution in [0.2, 0.25) is 5.02 Å². The van der Waals surface area contributed by atoms with Crippen molar-refractivity contribution in [2.75, 3.05) is 5.32 Å². The van der Waals surface area contributed by atoms with Gasteiger partial charge in [0.15, 0.2) is 5.82 Å². The standard InChI is InChI=1S/C16H14ClN5/c1-12-4-2-3-5-15(12)18-11-10-16-19-20-21-22(16)14-8-6-13(17)7-9-14/h2-11,18H,1H3/b11-10-. The summed E-state index contributed by atoms with van der Waals surface area (Å²) in [4.78, 5) is 0. The predicted molar refractivity (Wildman–Crippen MR) is 88.0 cm³/mol. The number of hydrogen-bond donors (Lipinski definition) is 1. The first-order valence-corrected chi connectivity index (χ1v) is 7.15. The smallest absolute Gasteiger partial charge is 0.181 e. The van der Waals surface area contributed by atoms with Crippen LogP contribution in [0.3, 0.4) is 0 Å². The number of hydrogen-bond acceptors (Lipinski definition) is 4. The Morgan fingerprint density at radius 1 is 1.09 bits per heavy atom. The van der Waals surface area contributed by atoms with Crippen LogP contribution in [0.25, 0.3) is 11.8 Å². The monoisotopic (exact) mass is 311 g/mol. The second kappa shape index (κ2) is 6.41. The van der Waals surface area contributed by atoms with Crippen molar-refractivity contribution in [3.63, 3.8) is 0 Å². The summed E-state index contributed by atoms with van der Waals surface area (Å²) in [5.41, 5.74) is 3.07. The van der Waals surface area contributed by atoms with E-state index in [0.717, 1.165) is 11.4 Å². The molecule has 0 spiro atoms. The van der Waals surface area contributed by atoms with Crippen LogP contribution in [0.1, 0.15) is 11.4 Å². The van der Waals surface area contributed by atoms with Gasteiger partial charge in [0.1, 0.15) is 0 Å². The van der Waals surface area contributed by atoms with Crippen molar-refractivity contribution in [1.29, 1.82) is 0 Å². The average molecular weight is 312 g/mol. The predicted octanol–water partition coefficient (Wildman–Crippen LogP) is 3.71. The molecule has 0 aliphatic heterocycles. The lowest BCUT2D eigenvalue weighted by molar-refractivity contribution is 0.787. The molecule has 1 aromatic heterocycles. The first-order chi connectivity index (χ1) is 10.7. The number of aromatic nitrogens is 4. The van der Waals surface area contributed by atoms with Crippen LogP contribution in [-0.2, 0) is 0 Å². The minimum atomic E-state index is 0.628. The van der Waals surface area contributed by atoms with E-state index in [-0.39, 0.29) is 0 Å². The fraction of sp³-hybridized carbons (Fsp3) is 0.0625. The van der Waals surface area contributed by atoms with E-state index < -0.39 is 0 Å². The fourth-order valence-corrected chi connectivity index (χ4v) is 2.13. The Kier molecular flexibility index (Phi) is 4.16. The molecule has 0 aliphatic rings. The minimum absolute atomic E-state index is 0.628. The second-order valence-electron chi connectivity index (χ2n) is 4.72. The van der Waals surface area contributed by atoms with Crippen molar-refractivity contribution in [3.8, 4) is 5.69 Å². The number of para-hydroxylation sites is 1. The van der Waals surface area contributed by atoms with Gasteiger partial charge < -0.3 is 5.32 Å². The Morgan fingerprint density at radius 2 is 1.86 bits per heavy atom. The van der Waals surface area contributed by atoms with Crippen molar-refractivity contribution in [2.45, 2.75) is 6.92 Å². The van der Waals surface area contributed by atoms with E-state index in [0.29, 0.717) is 10.8 Å². The topological polar surface area (TPSA) is 55.6 Å². The molecule has 0 saturated heterocycles. The summed E-state index contributed by atoms with van der Waals surface area (Å²) in [7, 11) is 0. The van der Waals surface area contributed by atoms with Gasteiger partial charge in [0, 0.05) is 23.0 Å². The molecule has 0 saturated carbocycles. The molecule has 1 N–H and O–H groups in total. The minimum Gasteiger partial charge on any atom is -0.361 e. The van der Waals surface area contributed by atoms with E-state index in [9.17, 15) is 0 Å². The Balaban J connectivity index is 1.79. The highest BCUT2D eigenvalue weighted by Crippen LogP contribution is 2.15. The molecule has 22 heavy (non-hydrogen) atoms. The van der Waals surface area contributed by atoms with Gasteiger partial charge in [-0.05, 0) is 53.2 Å². The average Bonchev–Trinajstić information content (AvgIpc) is 2.98. The van der Waals surface area contributed by atoms with E-state index in [1.165, 1.54) is 5.56 Å². The molecule has 0 bridgehead atoms. The van der Waals surface area contributed by atoms with Crippen LogP contribution in [-0.4, -0.2) is 20.2 Å². The van der Waals surface area contributed by atoms with Crippen LogP contribution < -0.4 is 5.32 Å². The van der Waals surface area contributed by atoms with Gasteiger partial charge in [-0.3, -0.25) is 0 Å². The molecule has 6 heteroatoms. The zero-order valence-electron chi connectivity index (χ0n) is 11.9. The van der Waals surface area contributed by atoms with Gasteiger partial charge in [-0.25, -0.2) is 0 Å². The first-order valence-electron chi connectivity index (χ1n) is 6.77. The number of benzene rings is 2. The van der Waals surface area contributed by atoms with E-state index in [4.69, 9.17) is 11.6 Å². The van der Waals surface area contributed by atoms with Crippen LogP contribution in [0.4, 0.5) is 5.69 Å². The molecule has 1 heterocycles. The largest absolute Gasteiger partial charge is 0.361 e. The zero-order chi connectivity index (χ0) is 15.4. The normalized spacial score (nSPS) is 11.0. The van der Waals surface area contributed by atoms with Crippen molar-refractivity contribution < 1.29 is 0 Å². The molecule has 3 aromatic rings. The molecule has 0 atom stereocenters. The molecule has 2 aromatic carbocycles. The lowest BCUT2D eigenvalue weighted by Crippen LogP contribution is -1.99. The van der Waals surface area contributed by atoms with Gasteiger partial charge in [-0.15, -0.1) is 5.10 Å². The molecular weight excluding hydrogens is 298 g/mol. The second-order valence-corrected chi connectivity index (χ2v) is 5.15. The highest BCUT2D eigenvalue weighted by Gasteiger charge is 2.04. The van der Waals surface area contributed by atoms with Crippen molar-refractivity contribution in [2.24, 2.45) is 0 Å². The number of tetrazole rings is 1. The summed E-state index contributed by atoms with van der Waals surface area (Å²) >= 11 is 5.89. The van der Waals surface area contributed by atoms with E-state index in [2.05, 4.69) is 20.8 Å². The third-order valence-electron chi connectivity index (χ3n) is 3.18. The lowest BCUT2D eigenvalue weighted by Gasteiger charge is -2.04. The van der Waals surface area contributed by atoms with Gasteiger partial charge in [-0.2, -0.15) is 4.68 Å². The number of rotatable bonds is 4. The molecule has 0 fully saturated rings. The quantitative estimate of drug-likeness (QED) is 0.798. The summed E-state index contributed by atoms with van der Waals surface area (Å²) in [5, 5.41) is 15.6. The van der Waals surface area contributed by atoms with Gasteiger partial charge in [0.25, 0.3) is 0 Å². The Bertz CT molecular complexity index is 792. The lowest BCUT2D eigenvalue weighted by atomic mass is 10.2. The van der Waals surface area contributed by atoms with Crippen molar-refractivity contribution in [1.82, 2.24) is 20.2 Å². The maximum atomic E-state index is 5.89. The zero-order valence-corrected chi connectivity index (χ0v) is 12.7. The number of aryl methyl sites for hydroxylation is 1. The molecule has 110 valence electrons. The van der Waals surface area contributed by atoms with Crippen LogP contribution in [0.15, 0.2) is 54.7 Å². The van der Waals surface area contributed by atoms with Crippen LogP contribution in [0, 0.1) is 6.92 Å². The third kappa shape index (κ3) is 3.15. The highest BCUT2D eigenvalue weighted by atomic mass is 35.5. The van der Waals surface area contributed by atoms with Gasteiger partial charge in [0.05, 0.1) is 5.69 Å². The van der Waals surface area contributed by atoms with Crippen LogP contribution in [0.5, 0.6) is 0 Å². The number of nitrogens with zero attached hydrogens (tertiary/aromatic N) is 4. The summed E-state index contributed by atoms with van der Waals surface area (Å²) in [6.07, 6.45) is 3.64. The van der Waals surface area contributed by atoms with E-state index in [1.807, 2.05) is 55.6 Å². The maximum absolute atomic E-state index is 5.89. The van der Waals surface area contributed by atoms with E-state index in [1.54, 1.807) is 16.8 Å². The molecule has 5 nitrogen and oxygen atoms in total.